The summed E-state index contributed by atoms with van der Waals surface area (Å²) in [4.78, 5) is 10.6. The molecule has 0 amide bonds. The van der Waals surface area contributed by atoms with Crippen LogP contribution < -0.4 is 5.73 Å². The maximum Gasteiger partial charge on any atom is 0.220 e. The van der Waals surface area contributed by atoms with Crippen LogP contribution in [-0.2, 0) is 11.3 Å². The number of hydrogen-bond donors (Lipinski definition) is 2. The van der Waals surface area contributed by atoms with Crippen LogP contribution >= 0.6 is 11.6 Å². The molecule has 0 aliphatic carbocycles. The van der Waals surface area contributed by atoms with Gasteiger partial charge < -0.3 is 10.5 Å². The number of benzene rings is 2. The van der Waals surface area contributed by atoms with Gasteiger partial charge in [0.1, 0.15) is 0 Å². The first-order chi connectivity index (χ1) is 15.7. The lowest BCUT2D eigenvalue weighted by Gasteiger charge is -2.26. The van der Waals surface area contributed by atoms with Crippen molar-refractivity contribution in [2.24, 2.45) is 0 Å². The van der Waals surface area contributed by atoms with E-state index in [4.69, 9.17) is 22.1 Å². The maximum absolute atomic E-state index is 6.56. The Bertz CT molecular complexity index is 1280. The monoisotopic (exact) mass is 446 g/mol. The summed E-state index contributed by atoms with van der Waals surface area (Å²) in [5, 5.41) is 9.36. The van der Waals surface area contributed by atoms with Gasteiger partial charge in [-0.05, 0) is 41.5 Å². The van der Waals surface area contributed by atoms with Gasteiger partial charge in [0.25, 0.3) is 0 Å². The summed E-state index contributed by atoms with van der Waals surface area (Å²) in [6, 6.07) is 14.1. The highest BCUT2D eigenvalue weighted by Crippen LogP contribution is 2.26. The van der Waals surface area contributed by atoms with Crippen molar-refractivity contribution in [3.05, 3.63) is 70.5 Å². The van der Waals surface area contributed by atoms with Crippen LogP contribution in [0.5, 0.6) is 0 Å². The number of halogens is 1. The van der Waals surface area contributed by atoms with Crippen molar-refractivity contribution in [3.63, 3.8) is 0 Å². The minimum absolute atomic E-state index is 0.255. The fourth-order valence-electron chi connectivity index (χ4n) is 3.83. The van der Waals surface area contributed by atoms with Gasteiger partial charge in [-0.2, -0.15) is 5.10 Å². The molecule has 0 unspecified atom stereocenters. The number of aromatic amines is 1. The Balaban J connectivity index is 1.33. The average Bonchev–Trinajstić information content (AvgIpc) is 3.22. The number of fused-ring (bicyclic) bond motifs is 1. The first-order valence-electron chi connectivity index (χ1n) is 10.5. The third-order valence-corrected chi connectivity index (χ3v) is 5.92. The Kier molecular flexibility index (Phi) is 5.85. The van der Waals surface area contributed by atoms with Gasteiger partial charge in [-0.25, -0.2) is 9.97 Å². The molecule has 1 saturated heterocycles. The number of nitrogens with one attached hydrogen (secondary N) is 1. The van der Waals surface area contributed by atoms with E-state index in [0.717, 1.165) is 76.9 Å². The largest absolute Gasteiger partial charge is 0.379 e. The molecule has 7 nitrogen and oxygen atoms in total. The van der Waals surface area contributed by atoms with E-state index in [1.165, 1.54) is 0 Å². The van der Waals surface area contributed by atoms with Crippen molar-refractivity contribution in [1.29, 1.82) is 0 Å². The van der Waals surface area contributed by atoms with Gasteiger partial charge in [0.2, 0.25) is 5.95 Å². The zero-order valence-corrected chi connectivity index (χ0v) is 18.2. The van der Waals surface area contributed by atoms with Gasteiger partial charge in [0.05, 0.1) is 30.1 Å². The molecule has 32 heavy (non-hydrogen) atoms. The van der Waals surface area contributed by atoms with E-state index in [1.54, 1.807) is 6.20 Å². The molecule has 1 fully saturated rings. The Morgan fingerprint density at radius 2 is 1.97 bits per heavy atom. The van der Waals surface area contributed by atoms with Crippen LogP contribution in [0.4, 0.5) is 5.95 Å². The average molecular weight is 447 g/mol. The van der Waals surface area contributed by atoms with E-state index in [0.29, 0.717) is 0 Å². The zero-order valence-electron chi connectivity index (χ0n) is 17.5. The number of morpholine rings is 1. The van der Waals surface area contributed by atoms with Gasteiger partial charge >= 0.3 is 0 Å². The topological polar surface area (TPSA) is 93.0 Å². The van der Waals surface area contributed by atoms with Gasteiger partial charge in [-0.15, -0.1) is 0 Å². The summed E-state index contributed by atoms with van der Waals surface area (Å²) in [5.41, 5.74) is 11.4. The Morgan fingerprint density at radius 3 is 2.78 bits per heavy atom. The molecule has 2 aromatic heterocycles. The van der Waals surface area contributed by atoms with E-state index in [-0.39, 0.29) is 5.95 Å². The normalized spacial score (nSPS) is 15.0. The van der Waals surface area contributed by atoms with Crippen molar-refractivity contribution < 1.29 is 4.74 Å². The predicted molar refractivity (Wildman–Crippen MR) is 128 cm³/mol. The molecule has 1 aliphatic heterocycles. The van der Waals surface area contributed by atoms with Crippen LogP contribution in [0.15, 0.2) is 48.7 Å². The molecule has 8 heteroatoms. The Hall–Kier alpha value is -3.26. The molecule has 0 spiro atoms. The minimum atomic E-state index is 0.255. The van der Waals surface area contributed by atoms with Crippen LogP contribution in [0.1, 0.15) is 16.8 Å². The summed E-state index contributed by atoms with van der Waals surface area (Å²) in [6.07, 6.45) is 5.67. The number of nitrogens with zero attached hydrogens (tertiary/aromatic N) is 4. The number of ether oxygens (including phenoxy) is 1. The van der Waals surface area contributed by atoms with Crippen molar-refractivity contribution in [2.75, 3.05) is 32.0 Å². The summed E-state index contributed by atoms with van der Waals surface area (Å²) in [5.74, 6) is 0.255. The number of aromatic nitrogens is 4. The third-order valence-electron chi connectivity index (χ3n) is 5.57. The summed E-state index contributed by atoms with van der Waals surface area (Å²) in [6.45, 7) is 4.29. The predicted octanol–water partition coefficient (Wildman–Crippen LogP) is 4.26. The second-order valence-electron chi connectivity index (χ2n) is 7.74. The van der Waals surface area contributed by atoms with E-state index in [1.807, 2.05) is 42.5 Å². The van der Waals surface area contributed by atoms with Gasteiger partial charge in [0.15, 0.2) is 0 Å². The number of H-pyrrole nitrogens is 1. The van der Waals surface area contributed by atoms with Gasteiger partial charge in [-0.3, -0.25) is 10.00 Å². The van der Waals surface area contributed by atoms with Crippen LogP contribution in [0, 0.1) is 0 Å². The maximum atomic E-state index is 6.56. The molecule has 4 aromatic rings. The summed E-state index contributed by atoms with van der Waals surface area (Å²) < 4.78 is 5.42. The molecule has 2 aromatic carbocycles. The second kappa shape index (κ2) is 9.08. The molecular weight excluding hydrogens is 424 g/mol. The van der Waals surface area contributed by atoms with E-state index >= 15 is 0 Å². The smallest absolute Gasteiger partial charge is 0.220 e. The number of nitrogen functional groups attached to an aromatic ring is 1. The van der Waals surface area contributed by atoms with Crippen LogP contribution in [0.2, 0.25) is 5.02 Å². The first-order valence-corrected chi connectivity index (χ1v) is 10.9. The van der Waals surface area contributed by atoms with E-state index in [9.17, 15) is 0 Å². The number of anilines is 1. The van der Waals surface area contributed by atoms with Crippen molar-refractivity contribution in [1.82, 2.24) is 25.1 Å². The van der Waals surface area contributed by atoms with Crippen LogP contribution in [0.25, 0.3) is 34.3 Å². The Morgan fingerprint density at radius 1 is 1.09 bits per heavy atom. The molecule has 3 heterocycles. The van der Waals surface area contributed by atoms with Crippen LogP contribution in [-0.4, -0.2) is 51.4 Å². The number of nitrogens with two attached hydrogens (primary N) is 1. The SMILES string of the molecule is Nc1nccc(-c2ccc3c(/C=C/c4ccc(CN5CCOCC5)c(Cl)c4)n[nH]c3c2)n1. The summed E-state index contributed by atoms with van der Waals surface area (Å²) >= 11 is 6.56. The zero-order chi connectivity index (χ0) is 21.9. The fourth-order valence-corrected chi connectivity index (χ4v) is 4.08. The second-order valence-corrected chi connectivity index (χ2v) is 8.15. The molecule has 3 N–H and O–H groups in total. The highest BCUT2D eigenvalue weighted by atomic mass is 35.5. The lowest BCUT2D eigenvalue weighted by atomic mass is 10.1. The number of rotatable bonds is 5. The highest BCUT2D eigenvalue weighted by Gasteiger charge is 2.12. The Labute approximate surface area is 190 Å². The molecule has 0 saturated carbocycles. The van der Waals surface area contributed by atoms with E-state index in [2.05, 4.69) is 37.2 Å². The quantitative estimate of drug-likeness (QED) is 0.476. The lowest BCUT2D eigenvalue weighted by molar-refractivity contribution is 0.0342. The lowest BCUT2D eigenvalue weighted by Crippen LogP contribution is -2.35. The molecule has 5 rings (SSSR count). The van der Waals surface area contributed by atoms with Gasteiger partial charge in [0, 0.05) is 41.8 Å². The molecule has 0 bridgehead atoms. The molecule has 0 atom stereocenters. The van der Waals surface area contributed by atoms with E-state index < -0.39 is 0 Å². The molecular formula is C24H23ClN6O. The highest BCUT2D eigenvalue weighted by molar-refractivity contribution is 6.31. The summed E-state index contributed by atoms with van der Waals surface area (Å²) in [7, 11) is 0. The standard InChI is InChI=1S/C24H23ClN6O/c25-20-13-16(1-3-18(20)15-31-9-11-32-12-10-31)2-6-22-19-5-4-17(14-23(19)30-29-22)21-7-8-27-24(26)28-21/h1-8,13-14H,9-12,15H2,(H,29,30)(H2,26,27,28)/b6-2+. The van der Waals surface area contributed by atoms with Crippen LogP contribution in [0.3, 0.4) is 0 Å². The molecule has 0 radical (unpaired) electrons. The fraction of sp³-hybridized carbons (Fsp3) is 0.208. The van der Waals surface area contributed by atoms with Crippen molar-refractivity contribution in [3.8, 4) is 11.3 Å². The molecule has 162 valence electrons. The first kappa shape index (κ1) is 20.6. The van der Waals surface area contributed by atoms with Crippen molar-refractivity contribution >= 4 is 40.6 Å². The van der Waals surface area contributed by atoms with Crippen molar-refractivity contribution in [2.45, 2.75) is 6.54 Å². The third kappa shape index (κ3) is 4.50. The molecule has 1 aliphatic rings. The van der Waals surface area contributed by atoms with Gasteiger partial charge in [-0.1, -0.05) is 35.9 Å². The minimum Gasteiger partial charge on any atom is -0.379 e. The number of hydrogen-bond acceptors (Lipinski definition) is 6.